The smallest absolute Gasteiger partial charge is 0.248 e. The molecule has 1 saturated heterocycles. The van der Waals surface area contributed by atoms with E-state index < -0.39 is 17.5 Å². The first-order chi connectivity index (χ1) is 13.4. The summed E-state index contributed by atoms with van der Waals surface area (Å²) in [4.78, 5) is 25.1. The van der Waals surface area contributed by atoms with E-state index in [1.165, 1.54) is 12.5 Å². The molecule has 1 aromatic carbocycles. The highest BCUT2D eigenvalue weighted by Crippen LogP contribution is 2.25. The number of carbonyl (C=O) groups excluding carboxylic acids is 1. The molecule has 1 aromatic heterocycles. The summed E-state index contributed by atoms with van der Waals surface area (Å²) >= 11 is 0. The molecule has 1 fully saturated rings. The second-order valence-electron chi connectivity index (χ2n) is 6.84. The highest BCUT2D eigenvalue weighted by molar-refractivity contribution is 6.03. The Morgan fingerprint density at radius 3 is 2.68 bits per heavy atom. The summed E-state index contributed by atoms with van der Waals surface area (Å²) in [6.45, 7) is 1.83. The third-order valence-electron chi connectivity index (χ3n) is 4.45. The van der Waals surface area contributed by atoms with Gasteiger partial charge in [0.15, 0.2) is 5.82 Å². The molecule has 0 bridgehead atoms. The topological polar surface area (TPSA) is 61.4 Å². The molecule has 8 heteroatoms. The molecule has 2 aromatic rings. The van der Waals surface area contributed by atoms with E-state index in [1.54, 1.807) is 11.1 Å². The van der Waals surface area contributed by atoms with Crippen LogP contribution in [0.5, 0.6) is 0 Å². The van der Waals surface area contributed by atoms with Crippen LogP contribution in [0.1, 0.15) is 24.8 Å². The maximum absolute atomic E-state index is 13.7. The van der Waals surface area contributed by atoms with Crippen LogP contribution in [0, 0.1) is 11.6 Å². The van der Waals surface area contributed by atoms with Crippen molar-refractivity contribution >= 4 is 29.4 Å². The summed E-state index contributed by atoms with van der Waals surface area (Å²) in [5.41, 5.74) is 0.444. The molecule has 0 radical (unpaired) electrons. The number of hydrogen-bond acceptors (Lipinski definition) is 5. The summed E-state index contributed by atoms with van der Waals surface area (Å²) in [6, 6.07) is 3.07. The standard InChI is InChI=1S/C20H23F2N5O/c1-26(2)19-17(13-23-20(25-19)27-10-4-3-5-11-27)24-18(28)9-6-14-12-15(21)7-8-16(14)22/h6-9,12-13H,3-5,10-11H2,1-2H3,(H,24,28)/b9-6+. The van der Waals surface area contributed by atoms with Crippen LogP contribution < -0.4 is 15.1 Å². The number of amides is 1. The van der Waals surface area contributed by atoms with Gasteiger partial charge in [-0.05, 0) is 43.5 Å². The average molecular weight is 387 g/mol. The van der Waals surface area contributed by atoms with E-state index in [-0.39, 0.29) is 5.56 Å². The normalized spacial score (nSPS) is 14.4. The lowest BCUT2D eigenvalue weighted by molar-refractivity contribution is -0.111. The number of piperidine rings is 1. The predicted molar refractivity (Wildman–Crippen MR) is 106 cm³/mol. The van der Waals surface area contributed by atoms with Crippen LogP contribution in [0.3, 0.4) is 0 Å². The molecule has 0 spiro atoms. The van der Waals surface area contributed by atoms with Crippen molar-refractivity contribution in [1.82, 2.24) is 9.97 Å². The Balaban J connectivity index is 1.76. The van der Waals surface area contributed by atoms with Crippen molar-refractivity contribution in [3.05, 3.63) is 47.7 Å². The third kappa shape index (κ3) is 4.82. The Morgan fingerprint density at radius 2 is 1.96 bits per heavy atom. The number of aromatic nitrogens is 2. The number of hydrogen-bond donors (Lipinski definition) is 1. The average Bonchev–Trinajstić information content (AvgIpc) is 2.69. The maximum atomic E-state index is 13.7. The molecule has 1 aliphatic heterocycles. The molecule has 1 N–H and O–H groups in total. The van der Waals surface area contributed by atoms with E-state index in [2.05, 4.69) is 20.2 Å². The zero-order valence-electron chi connectivity index (χ0n) is 16.0. The lowest BCUT2D eigenvalue weighted by Crippen LogP contribution is -2.31. The van der Waals surface area contributed by atoms with E-state index >= 15 is 0 Å². The molecule has 2 heterocycles. The number of anilines is 3. The Morgan fingerprint density at radius 1 is 1.21 bits per heavy atom. The molecule has 0 atom stereocenters. The Labute approximate surface area is 162 Å². The fraction of sp³-hybridized carbons (Fsp3) is 0.350. The molecular formula is C20H23F2N5O. The third-order valence-corrected chi connectivity index (χ3v) is 4.45. The lowest BCUT2D eigenvalue weighted by Gasteiger charge is -2.27. The molecule has 0 unspecified atom stereocenters. The minimum absolute atomic E-state index is 0.000297. The fourth-order valence-electron chi connectivity index (χ4n) is 3.02. The highest BCUT2D eigenvalue weighted by atomic mass is 19.1. The van der Waals surface area contributed by atoms with Crippen molar-refractivity contribution in [2.75, 3.05) is 42.3 Å². The van der Waals surface area contributed by atoms with Gasteiger partial charge in [0.25, 0.3) is 0 Å². The largest absolute Gasteiger partial charge is 0.361 e. The monoisotopic (exact) mass is 387 g/mol. The summed E-state index contributed by atoms with van der Waals surface area (Å²) in [7, 11) is 3.66. The molecule has 148 valence electrons. The van der Waals surface area contributed by atoms with Gasteiger partial charge < -0.3 is 15.1 Å². The van der Waals surface area contributed by atoms with Gasteiger partial charge >= 0.3 is 0 Å². The predicted octanol–water partition coefficient (Wildman–Crippen LogP) is 3.46. The Hall–Kier alpha value is -3.03. The van der Waals surface area contributed by atoms with Gasteiger partial charge in [0.05, 0.1) is 6.20 Å². The molecule has 0 saturated carbocycles. The van der Waals surface area contributed by atoms with Crippen molar-refractivity contribution in [2.24, 2.45) is 0 Å². The molecule has 1 aliphatic rings. The van der Waals surface area contributed by atoms with Crippen LogP contribution in [0.15, 0.2) is 30.5 Å². The van der Waals surface area contributed by atoms with Gasteiger partial charge in [-0.1, -0.05) is 0 Å². The van der Waals surface area contributed by atoms with Gasteiger partial charge in [-0.15, -0.1) is 0 Å². The second-order valence-corrected chi connectivity index (χ2v) is 6.84. The van der Waals surface area contributed by atoms with Crippen molar-refractivity contribution < 1.29 is 13.6 Å². The van der Waals surface area contributed by atoms with E-state index in [9.17, 15) is 13.6 Å². The Kier molecular flexibility index (Phi) is 6.18. The number of nitrogens with one attached hydrogen (secondary N) is 1. The second kappa shape index (κ2) is 8.77. The first-order valence-corrected chi connectivity index (χ1v) is 9.17. The molecule has 1 amide bonds. The van der Waals surface area contributed by atoms with Gasteiger partial charge in [0.2, 0.25) is 11.9 Å². The van der Waals surface area contributed by atoms with Crippen LogP contribution in [-0.4, -0.2) is 43.1 Å². The first kappa shape index (κ1) is 19.7. The van der Waals surface area contributed by atoms with Crippen LogP contribution in [0.2, 0.25) is 0 Å². The highest BCUT2D eigenvalue weighted by Gasteiger charge is 2.17. The van der Waals surface area contributed by atoms with Gasteiger partial charge in [-0.2, -0.15) is 4.98 Å². The van der Waals surface area contributed by atoms with Crippen molar-refractivity contribution in [1.29, 1.82) is 0 Å². The summed E-state index contributed by atoms with van der Waals surface area (Å²) < 4.78 is 26.9. The number of carbonyl (C=O) groups is 1. The van der Waals surface area contributed by atoms with Gasteiger partial charge in [-0.25, -0.2) is 13.8 Å². The Bertz CT molecular complexity index is 879. The van der Waals surface area contributed by atoms with Crippen LogP contribution in [-0.2, 0) is 4.79 Å². The molecule has 6 nitrogen and oxygen atoms in total. The van der Waals surface area contributed by atoms with Crippen molar-refractivity contribution in [3.63, 3.8) is 0 Å². The van der Waals surface area contributed by atoms with Gasteiger partial charge in [0, 0.05) is 38.8 Å². The zero-order chi connectivity index (χ0) is 20.1. The number of rotatable bonds is 5. The van der Waals surface area contributed by atoms with Crippen LogP contribution in [0.25, 0.3) is 6.08 Å². The molecule has 3 rings (SSSR count). The quantitative estimate of drug-likeness (QED) is 0.796. The van der Waals surface area contributed by atoms with E-state index in [0.717, 1.165) is 50.2 Å². The van der Waals surface area contributed by atoms with E-state index in [4.69, 9.17) is 0 Å². The minimum Gasteiger partial charge on any atom is -0.361 e. The first-order valence-electron chi connectivity index (χ1n) is 9.17. The fourth-order valence-corrected chi connectivity index (χ4v) is 3.02. The van der Waals surface area contributed by atoms with E-state index in [0.29, 0.717) is 17.5 Å². The van der Waals surface area contributed by atoms with E-state index in [1.807, 2.05) is 14.1 Å². The molecule has 28 heavy (non-hydrogen) atoms. The van der Waals surface area contributed by atoms with Crippen molar-refractivity contribution in [3.8, 4) is 0 Å². The lowest BCUT2D eigenvalue weighted by atomic mass is 10.1. The molecular weight excluding hydrogens is 364 g/mol. The van der Waals surface area contributed by atoms with Gasteiger partial charge in [0.1, 0.15) is 17.3 Å². The number of nitrogens with zero attached hydrogens (tertiary/aromatic N) is 4. The number of halogens is 2. The zero-order valence-corrected chi connectivity index (χ0v) is 16.0. The number of benzene rings is 1. The maximum Gasteiger partial charge on any atom is 0.248 e. The SMILES string of the molecule is CN(C)c1nc(N2CCCCC2)ncc1NC(=O)/C=C/c1cc(F)ccc1F. The molecule has 0 aliphatic carbocycles. The van der Waals surface area contributed by atoms with Crippen molar-refractivity contribution in [2.45, 2.75) is 19.3 Å². The minimum atomic E-state index is -0.603. The van der Waals surface area contributed by atoms with Crippen LogP contribution >= 0.6 is 0 Å². The van der Waals surface area contributed by atoms with Crippen LogP contribution in [0.4, 0.5) is 26.2 Å². The summed E-state index contributed by atoms with van der Waals surface area (Å²) in [5, 5.41) is 2.70. The summed E-state index contributed by atoms with van der Waals surface area (Å²) in [6.07, 6.45) is 7.38. The summed E-state index contributed by atoms with van der Waals surface area (Å²) in [5.74, 6) is -0.444. The van der Waals surface area contributed by atoms with Gasteiger partial charge in [-0.3, -0.25) is 4.79 Å².